The monoisotopic (exact) mass is 459 g/mol. The first kappa shape index (κ1) is 21.8. The average molecular weight is 460 g/mol. The van der Waals surface area contributed by atoms with Gasteiger partial charge in [-0.15, -0.1) is 0 Å². The van der Waals surface area contributed by atoms with E-state index in [0.717, 1.165) is 33.8 Å². The fourth-order valence-corrected chi connectivity index (χ4v) is 3.91. The highest BCUT2D eigenvalue weighted by atomic mass is 16.6. The number of nitrogens with one attached hydrogen (secondary N) is 1. The van der Waals surface area contributed by atoms with E-state index in [1.54, 1.807) is 6.21 Å². The molecule has 5 aromatic rings. The van der Waals surface area contributed by atoms with Gasteiger partial charge in [0.15, 0.2) is 0 Å². The molecule has 0 saturated carbocycles. The number of nitrogens with zero attached hydrogens (tertiary/aromatic N) is 4. The number of anilines is 1. The van der Waals surface area contributed by atoms with Gasteiger partial charge in [0.1, 0.15) is 12.0 Å². The molecule has 5 rings (SSSR count). The summed E-state index contributed by atoms with van der Waals surface area (Å²) in [5, 5.41) is 15.3. The first-order valence-corrected chi connectivity index (χ1v) is 11.0. The predicted molar refractivity (Wildman–Crippen MR) is 139 cm³/mol. The Morgan fingerprint density at radius 1 is 0.829 bits per heavy atom. The summed E-state index contributed by atoms with van der Waals surface area (Å²) >= 11 is 0. The number of hydrogen-bond donors (Lipinski definition) is 1. The third kappa shape index (κ3) is 4.69. The number of hydrazone groups is 1. The second-order valence-electron chi connectivity index (χ2n) is 7.77. The van der Waals surface area contributed by atoms with Crippen LogP contribution < -0.4 is 5.43 Å². The molecule has 0 unspecified atom stereocenters. The molecule has 170 valence electrons. The summed E-state index contributed by atoms with van der Waals surface area (Å²) in [6, 6.07) is 35.6. The van der Waals surface area contributed by atoms with E-state index in [1.165, 1.54) is 18.3 Å². The summed E-state index contributed by atoms with van der Waals surface area (Å²) in [5.74, 6) is 0.416. The van der Waals surface area contributed by atoms with Gasteiger partial charge in [0.25, 0.3) is 5.69 Å². The van der Waals surface area contributed by atoms with Gasteiger partial charge in [-0.1, -0.05) is 78.9 Å². The van der Waals surface area contributed by atoms with Crippen molar-refractivity contribution in [3.8, 4) is 28.2 Å². The number of para-hydroxylation sites is 1. The van der Waals surface area contributed by atoms with Crippen LogP contribution in [0.3, 0.4) is 0 Å². The summed E-state index contributed by atoms with van der Waals surface area (Å²) in [4.78, 5) is 14.4. The predicted octanol–water partition coefficient (Wildman–Crippen LogP) is 6.56. The summed E-state index contributed by atoms with van der Waals surface area (Å²) in [7, 11) is 0. The van der Waals surface area contributed by atoms with E-state index < -0.39 is 4.92 Å². The quantitative estimate of drug-likeness (QED) is 0.170. The molecule has 0 saturated heterocycles. The van der Waals surface area contributed by atoms with E-state index in [-0.39, 0.29) is 5.69 Å². The van der Waals surface area contributed by atoms with Crippen molar-refractivity contribution in [3.05, 3.63) is 131 Å². The lowest BCUT2D eigenvalue weighted by Crippen LogP contribution is -2.00. The van der Waals surface area contributed by atoms with E-state index in [9.17, 15) is 10.1 Å². The molecule has 0 aliphatic carbocycles. The lowest BCUT2D eigenvalue weighted by atomic mass is 10.1. The van der Waals surface area contributed by atoms with Crippen molar-refractivity contribution in [1.29, 1.82) is 0 Å². The van der Waals surface area contributed by atoms with Crippen LogP contribution in [0, 0.1) is 10.1 Å². The smallest absolute Gasteiger partial charge is 0.287 e. The summed E-state index contributed by atoms with van der Waals surface area (Å²) in [6.45, 7) is 0. The molecule has 0 amide bonds. The SMILES string of the molecule is O=[N+]([O-])c1ccc(NN=Cc2cc(-c3ccccc3)n(-c3ccccc3)c2-c2ccccc2)nc1. The zero-order valence-corrected chi connectivity index (χ0v) is 18.7. The summed E-state index contributed by atoms with van der Waals surface area (Å²) in [6.07, 6.45) is 2.95. The van der Waals surface area contributed by atoms with Gasteiger partial charge in [-0.25, -0.2) is 4.98 Å². The number of aromatic nitrogens is 2. The molecule has 0 atom stereocenters. The molecule has 2 aromatic heterocycles. The summed E-state index contributed by atoms with van der Waals surface area (Å²) in [5.41, 5.74) is 8.91. The zero-order valence-electron chi connectivity index (χ0n) is 18.7. The number of pyridine rings is 1. The Kier molecular flexibility index (Phi) is 6.13. The summed E-state index contributed by atoms with van der Waals surface area (Å²) < 4.78 is 2.23. The largest absolute Gasteiger partial charge is 0.309 e. The molecule has 2 heterocycles. The molecule has 0 aliphatic rings. The van der Waals surface area contributed by atoms with E-state index in [0.29, 0.717) is 5.82 Å². The standard InChI is InChI=1S/C28H21N5O2/c34-33(35)25-16-17-27(29-20-25)31-30-19-23-18-26(21-10-4-1-5-11-21)32(24-14-8-3-9-15-24)28(23)22-12-6-2-7-13-22/h1-20H,(H,29,31). The highest BCUT2D eigenvalue weighted by molar-refractivity contribution is 5.93. The lowest BCUT2D eigenvalue weighted by Gasteiger charge is -2.15. The maximum absolute atomic E-state index is 10.9. The third-order valence-electron chi connectivity index (χ3n) is 5.50. The minimum Gasteiger partial charge on any atom is -0.309 e. The second kappa shape index (κ2) is 9.84. The average Bonchev–Trinajstić information content (AvgIpc) is 3.30. The van der Waals surface area contributed by atoms with Crippen molar-refractivity contribution in [1.82, 2.24) is 9.55 Å². The van der Waals surface area contributed by atoms with Crippen LogP contribution in [0.4, 0.5) is 11.5 Å². The van der Waals surface area contributed by atoms with Crippen LogP contribution >= 0.6 is 0 Å². The Morgan fingerprint density at radius 2 is 1.46 bits per heavy atom. The molecule has 3 aromatic carbocycles. The van der Waals surface area contributed by atoms with Gasteiger partial charge in [-0.3, -0.25) is 15.5 Å². The van der Waals surface area contributed by atoms with Crippen LogP contribution in [0.1, 0.15) is 5.56 Å². The van der Waals surface area contributed by atoms with E-state index in [4.69, 9.17) is 0 Å². The first-order chi connectivity index (χ1) is 17.2. The lowest BCUT2D eigenvalue weighted by molar-refractivity contribution is -0.385. The topological polar surface area (TPSA) is 85.4 Å². The highest BCUT2D eigenvalue weighted by Crippen LogP contribution is 2.35. The number of hydrogen-bond acceptors (Lipinski definition) is 5. The Hall–Kier alpha value is -5.04. The Labute approximate surface area is 202 Å². The highest BCUT2D eigenvalue weighted by Gasteiger charge is 2.18. The van der Waals surface area contributed by atoms with Crippen molar-refractivity contribution >= 4 is 17.7 Å². The van der Waals surface area contributed by atoms with E-state index >= 15 is 0 Å². The van der Waals surface area contributed by atoms with Crippen molar-refractivity contribution < 1.29 is 4.92 Å². The fraction of sp³-hybridized carbons (Fsp3) is 0. The van der Waals surface area contributed by atoms with Crippen LogP contribution in [0.15, 0.2) is 120 Å². The maximum Gasteiger partial charge on any atom is 0.287 e. The van der Waals surface area contributed by atoms with Gasteiger partial charge < -0.3 is 4.57 Å². The van der Waals surface area contributed by atoms with E-state index in [2.05, 4.69) is 62.5 Å². The van der Waals surface area contributed by atoms with Crippen LogP contribution in [0.5, 0.6) is 0 Å². The minimum absolute atomic E-state index is 0.0710. The molecule has 35 heavy (non-hydrogen) atoms. The molecular weight excluding hydrogens is 438 g/mol. The van der Waals surface area contributed by atoms with Crippen LogP contribution in [-0.4, -0.2) is 20.7 Å². The molecular formula is C28H21N5O2. The van der Waals surface area contributed by atoms with Crippen LogP contribution in [0.25, 0.3) is 28.2 Å². The van der Waals surface area contributed by atoms with Crippen LogP contribution in [-0.2, 0) is 0 Å². The van der Waals surface area contributed by atoms with Crippen molar-refractivity contribution in [2.24, 2.45) is 5.10 Å². The first-order valence-electron chi connectivity index (χ1n) is 11.0. The second-order valence-corrected chi connectivity index (χ2v) is 7.77. The van der Waals surface area contributed by atoms with Crippen molar-refractivity contribution in [2.75, 3.05) is 5.43 Å². The van der Waals surface area contributed by atoms with Gasteiger partial charge in [-0.05, 0) is 35.4 Å². The number of benzene rings is 3. The molecule has 7 heteroatoms. The Balaban J connectivity index is 1.62. The molecule has 0 spiro atoms. The zero-order chi connectivity index (χ0) is 24.0. The molecule has 7 nitrogen and oxygen atoms in total. The van der Waals surface area contributed by atoms with Gasteiger partial charge >= 0.3 is 0 Å². The maximum atomic E-state index is 10.9. The van der Waals surface area contributed by atoms with Gasteiger partial charge in [0.05, 0.1) is 22.5 Å². The third-order valence-corrected chi connectivity index (χ3v) is 5.50. The number of nitro groups is 1. The normalized spacial score (nSPS) is 11.0. The number of rotatable bonds is 7. The fourth-order valence-electron chi connectivity index (χ4n) is 3.91. The van der Waals surface area contributed by atoms with Gasteiger partial charge in [0.2, 0.25) is 0 Å². The van der Waals surface area contributed by atoms with Gasteiger partial charge in [-0.2, -0.15) is 5.10 Å². The van der Waals surface area contributed by atoms with Crippen molar-refractivity contribution in [3.63, 3.8) is 0 Å². The Morgan fingerprint density at radius 3 is 2.06 bits per heavy atom. The minimum atomic E-state index is -0.483. The molecule has 0 radical (unpaired) electrons. The van der Waals surface area contributed by atoms with Crippen molar-refractivity contribution in [2.45, 2.75) is 0 Å². The molecule has 0 bridgehead atoms. The van der Waals surface area contributed by atoms with Gasteiger partial charge in [0, 0.05) is 17.3 Å². The molecule has 0 fully saturated rings. The van der Waals surface area contributed by atoms with Crippen LogP contribution in [0.2, 0.25) is 0 Å². The molecule has 1 N–H and O–H groups in total. The Bertz CT molecular complexity index is 1460. The molecule has 0 aliphatic heterocycles. The van der Waals surface area contributed by atoms with E-state index in [1.807, 2.05) is 54.6 Å².